The molecule has 1 atom stereocenters. The highest BCUT2D eigenvalue weighted by atomic mass is 19.1. The van der Waals surface area contributed by atoms with Crippen molar-refractivity contribution in [2.24, 2.45) is 0 Å². The van der Waals surface area contributed by atoms with Gasteiger partial charge in [-0.15, -0.1) is 0 Å². The quantitative estimate of drug-likeness (QED) is 0.891. The van der Waals surface area contributed by atoms with Gasteiger partial charge in [-0.1, -0.05) is 12.1 Å². The summed E-state index contributed by atoms with van der Waals surface area (Å²) in [5.41, 5.74) is 0.637. The van der Waals surface area contributed by atoms with E-state index in [0.717, 1.165) is 5.56 Å². The first-order valence-electron chi connectivity index (χ1n) is 6.43. The van der Waals surface area contributed by atoms with Crippen LogP contribution >= 0.6 is 0 Å². The van der Waals surface area contributed by atoms with Crippen molar-refractivity contribution in [3.8, 4) is 0 Å². The molecule has 0 heterocycles. The van der Waals surface area contributed by atoms with Crippen molar-refractivity contribution in [3.63, 3.8) is 0 Å². The van der Waals surface area contributed by atoms with Gasteiger partial charge in [-0.3, -0.25) is 9.69 Å². The van der Waals surface area contributed by atoms with Crippen LogP contribution in [0.4, 0.5) is 4.39 Å². The Balaban J connectivity index is 2.82. The molecule has 1 aromatic carbocycles. The maximum absolute atomic E-state index is 13.2. The number of carboxylic acids is 1. The Hall–Kier alpha value is -1.42. The fraction of sp³-hybridized carbons (Fsp3) is 0.533. The normalized spacial score (nSPS) is 13.6. The Morgan fingerprint density at radius 3 is 2.53 bits per heavy atom. The van der Waals surface area contributed by atoms with Gasteiger partial charge in [0, 0.05) is 11.6 Å². The molecule has 19 heavy (non-hydrogen) atoms. The molecule has 0 saturated carbocycles. The van der Waals surface area contributed by atoms with E-state index in [9.17, 15) is 9.18 Å². The highest BCUT2D eigenvalue weighted by Gasteiger charge is 2.28. The Morgan fingerprint density at radius 2 is 2.05 bits per heavy atom. The number of carboxylic acid groups (broad SMARTS) is 1. The van der Waals surface area contributed by atoms with Crippen LogP contribution in [0.15, 0.2) is 24.3 Å². The Labute approximate surface area is 114 Å². The third-order valence-electron chi connectivity index (χ3n) is 3.12. The zero-order valence-electron chi connectivity index (χ0n) is 12.0. The Bertz CT molecular complexity index is 440. The van der Waals surface area contributed by atoms with E-state index in [4.69, 9.17) is 5.11 Å². The van der Waals surface area contributed by atoms with Gasteiger partial charge in [-0.05, 0) is 51.8 Å². The molecule has 0 aromatic heterocycles. The standard InChI is InChI=1S/C15H22FNO2/c1-11(8-12-6-5-7-13(16)9-12)17(10-14(18)19)15(2,3)4/h5-7,9,11H,8,10H2,1-4H3,(H,18,19). The van der Waals surface area contributed by atoms with E-state index in [1.54, 1.807) is 6.07 Å². The summed E-state index contributed by atoms with van der Waals surface area (Å²) in [6, 6.07) is 6.47. The monoisotopic (exact) mass is 267 g/mol. The van der Waals surface area contributed by atoms with Crippen LogP contribution in [0.5, 0.6) is 0 Å². The second-order valence-corrected chi connectivity index (χ2v) is 5.88. The van der Waals surface area contributed by atoms with Gasteiger partial charge >= 0.3 is 5.97 Å². The van der Waals surface area contributed by atoms with E-state index in [0.29, 0.717) is 6.42 Å². The summed E-state index contributed by atoms with van der Waals surface area (Å²) in [5, 5.41) is 9.00. The highest BCUT2D eigenvalue weighted by molar-refractivity contribution is 5.69. The van der Waals surface area contributed by atoms with Crippen molar-refractivity contribution in [2.75, 3.05) is 6.54 Å². The predicted molar refractivity (Wildman–Crippen MR) is 73.7 cm³/mol. The third kappa shape index (κ3) is 4.99. The van der Waals surface area contributed by atoms with Gasteiger partial charge < -0.3 is 5.11 Å². The lowest BCUT2D eigenvalue weighted by atomic mass is 9.99. The van der Waals surface area contributed by atoms with Gasteiger partial charge in [0.2, 0.25) is 0 Å². The Kier molecular flexibility index (Phi) is 5.06. The molecule has 0 aliphatic rings. The van der Waals surface area contributed by atoms with Crippen LogP contribution in [-0.4, -0.2) is 34.1 Å². The van der Waals surface area contributed by atoms with Crippen molar-refractivity contribution in [1.82, 2.24) is 4.90 Å². The first-order chi connectivity index (χ1) is 8.70. The summed E-state index contributed by atoms with van der Waals surface area (Å²) in [7, 11) is 0. The molecule has 1 N–H and O–H groups in total. The smallest absolute Gasteiger partial charge is 0.317 e. The van der Waals surface area contributed by atoms with Crippen LogP contribution in [0.25, 0.3) is 0 Å². The summed E-state index contributed by atoms with van der Waals surface area (Å²) in [5.74, 6) is -1.11. The van der Waals surface area contributed by atoms with Crippen LogP contribution in [0, 0.1) is 5.82 Å². The van der Waals surface area contributed by atoms with E-state index in [1.165, 1.54) is 12.1 Å². The van der Waals surface area contributed by atoms with Gasteiger partial charge in [0.15, 0.2) is 0 Å². The van der Waals surface area contributed by atoms with Crippen LogP contribution in [0.2, 0.25) is 0 Å². The minimum Gasteiger partial charge on any atom is -0.480 e. The SMILES string of the molecule is CC(Cc1cccc(F)c1)N(CC(=O)O)C(C)(C)C. The molecule has 1 aromatic rings. The molecule has 0 aliphatic carbocycles. The maximum Gasteiger partial charge on any atom is 0.317 e. The molecular formula is C15H22FNO2. The first kappa shape index (κ1) is 15.6. The first-order valence-corrected chi connectivity index (χ1v) is 6.43. The lowest BCUT2D eigenvalue weighted by Gasteiger charge is -2.39. The topological polar surface area (TPSA) is 40.5 Å². The van der Waals surface area contributed by atoms with Crippen molar-refractivity contribution in [3.05, 3.63) is 35.6 Å². The average molecular weight is 267 g/mol. The molecule has 3 nitrogen and oxygen atoms in total. The average Bonchev–Trinajstić information content (AvgIpc) is 2.24. The number of hydrogen-bond acceptors (Lipinski definition) is 2. The van der Waals surface area contributed by atoms with Crippen LogP contribution in [-0.2, 0) is 11.2 Å². The zero-order chi connectivity index (χ0) is 14.6. The molecule has 0 saturated heterocycles. The Morgan fingerprint density at radius 1 is 1.42 bits per heavy atom. The highest BCUT2D eigenvalue weighted by Crippen LogP contribution is 2.19. The second-order valence-electron chi connectivity index (χ2n) is 5.88. The van der Waals surface area contributed by atoms with Crippen molar-refractivity contribution < 1.29 is 14.3 Å². The summed E-state index contributed by atoms with van der Waals surface area (Å²) < 4.78 is 13.2. The molecule has 0 spiro atoms. The van der Waals surface area contributed by atoms with E-state index < -0.39 is 5.97 Å². The second kappa shape index (κ2) is 6.15. The van der Waals surface area contributed by atoms with Gasteiger partial charge in [0.05, 0.1) is 6.54 Å². The number of carbonyl (C=O) groups is 1. The van der Waals surface area contributed by atoms with Gasteiger partial charge in [0.1, 0.15) is 5.82 Å². The fourth-order valence-electron chi connectivity index (χ4n) is 2.32. The lowest BCUT2D eigenvalue weighted by Crippen LogP contribution is -2.50. The molecular weight excluding hydrogens is 245 g/mol. The van der Waals surface area contributed by atoms with E-state index in [1.807, 2.05) is 38.7 Å². The molecule has 0 amide bonds. The zero-order valence-corrected chi connectivity index (χ0v) is 12.0. The van der Waals surface area contributed by atoms with Crippen molar-refractivity contribution >= 4 is 5.97 Å². The molecule has 0 aliphatic heterocycles. The summed E-state index contributed by atoms with van der Waals surface area (Å²) >= 11 is 0. The summed E-state index contributed by atoms with van der Waals surface area (Å²) in [6.07, 6.45) is 0.627. The minimum atomic E-state index is -0.846. The van der Waals surface area contributed by atoms with E-state index in [-0.39, 0.29) is 23.9 Å². The van der Waals surface area contributed by atoms with E-state index >= 15 is 0 Å². The lowest BCUT2D eigenvalue weighted by molar-refractivity contribution is -0.140. The third-order valence-corrected chi connectivity index (χ3v) is 3.12. The van der Waals surface area contributed by atoms with Crippen molar-refractivity contribution in [1.29, 1.82) is 0 Å². The number of halogens is 1. The molecule has 0 bridgehead atoms. The largest absolute Gasteiger partial charge is 0.480 e. The number of rotatable bonds is 5. The van der Waals surface area contributed by atoms with Crippen LogP contribution < -0.4 is 0 Å². The van der Waals surface area contributed by atoms with Crippen LogP contribution in [0.1, 0.15) is 33.3 Å². The maximum atomic E-state index is 13.2. The number of aliphatic carboxylic acids is 1. The number of nitrogens with zero attached hydrogens (tertiary/aromatic N) is 1. The summed E-state index contributed by atoms with van der Waals surface area (Å²) in [4.78, 5) is 12.9. The molecule has 4 heteroatoms. The minimum absolute atomic E-state index is 0.0139. The molecule has 1 unspecified atom stereocenters. The van der Waals surface area contributed by atoms with Gasteiger partial charge in [0.25, 0.3) is 0 Å². The predicted octanol–water partition coefficient (Wildman–Crippen LogP) is 2.94. The van der Waals surface area contributed by atoms with Crippen molar-refractivity contribution in [2.45, 2.75) is 45.7 Å². The molecule has 106 valence electrons. The van der Waals surface area contributed by atoms with E-state index in [2.05, 4.69) is 0 Å². The van der Waals surface area contributed by atoms with Gasteiger partial charge in [-0.25, -0.2) is 4.39 Å². The number of benzene rings is 1. The van der Waals surface area contributed by atoms with Crippen LogP contribution in [0.3, 0.4) is 0 Å². The summed E-state index contributed by atoms with van der Waals surface area (Å²) in [6.45, 7) is 7.91. The molecule has 0 fully saturated rings. The fourth-order valence-corrected chi connectivity index (χ4v) is 2.32. The molecule has 0 radical (unpaired) electrons. The number of hydrogen-bond donors (Lipinski definition) is 1. The molecule has 1 rings (SSSR count). The van der Waals surface area contributed by atoms with Gasteiger partial charge in [-0.2, -0.15) is 0 Å².